The van der Waals surface area contributed by atoms with Crippen LogP contribution >= 0.6 is 0 Å². The van der Waals surface area contributed by atoms with Crippen molar-refractivity contribution in [2.45, 2.75) is 113 Å². The maximum absolute atomic E-state index is 13.9. The van der Waals surface area contributed by atoms with Crippen LogP contribution in [0.4, 0.5) is 0 Å². The van der Waals surface area contributed by atoms with Crippen LogP contribution in [0, 0.1) is 0 Å². The predicted molar refractivity (Wildman–Crippen MR) is 151 cm³/mol. The minimum absolute atomic E-state index is 0.300. The first kappa shape index (κ1) is 31.2. The first-order chi connectivity index (χ1) is 20.5. The smallest absolute Gasteiger partial charge is 0.326 e. The number of rotatable bonds is 7. The molecule has 5 fully saturated rings. The zero-order valence-corrected chi connectivity index (χ0v) is 24.8. The van der Waals surface area contributed by atoms with E-state index in [2.05, 4.69) is 0 Å². The molecular formula is C29H44N6O8. The summed E-state index contributed by atoms with van der Waals surface area (Å²) in [6.45, 7) is 3.23. The Morgan fingerprint density at radius 1 is 0.558 bits per heavy atom. The number of carboxylic acid groups (broad SMARTS) is 1. The van der Waals surface area contributed by atoms with Crippen LogP contribution in [-0.4, -0.2) is 145 Å². The Bertz CT molecular complexity index is 1150. The lowest BCUT2D eigenvalue weighted by molar-refractivity contribution is -0.155. The molecule has 0 saturated carbocycles. The van der Waals surface area contributed by atoms with Crippen LogP contribution in [-0.2, 0) is 28.8 Å². The summed E-state index contributed by atoms with van der Waals surface area (Å²) in [4.78, 5) is 86.9. The van der Waals surface area contributed by atoms with Crippen molar-refractivity contribution >= 4 is 35.5 Å². The second-order valence-corrected chi connectivity index (χ2v) is 12.6. The minimum atomic E-state index is -1.14. The Labute approximate surface area is 251 Å². The van der Waals surface area contributed by atoms with E-state index < -0.39 is 54.2 Å². The summed E-state index contributed by atoms with van der Waals surface area (Å²) in [6, 6.07) is -5.01. The van der Waals surface area contributed by atoms with Crippen molar-refractivity contribution in [2.75, 3.05) is 32.7 Å². The van der Waals surface area contributed by atoms with Gasteiger partial charge in [-0.1, -0.05) is 0 Å². The average Bonchev–Trinajstić information content (AvgIpc) is 3.82. The number of amides is 5. The lowest BCUT2D eigenvalue weighted by Gasteiger charge is -2.36. The highest BCUT2D eigenvalue weighted by atomic mass is 16.4. The first-order valence-electron chi connectivity index (χ1n) is 15.7. The number of hydrogen-bond acceptors (Lipinski definition) is 8. The molecule has 5 saturated heterocycles. The Balaban J connectivity index is 1.27. The summed E-state index contributed by atoms with van der Waals surface area (Å²) >= 11 is 0. The van der Waals surface area contributed by atoms with Crippen molar-refractivity contribution in [2.24, 2.45) is 5.73 Å². The van der Waals surface area contributed by atoms with Gasteiger partial charge in [0, 0.05) is 32.7 Å². The number of aliphatic carboxylic acids is 1. The van der Waals surface area contributed by atoms with Gasteiger partial charge in [0.25, 0.3) is 0 Å². The largest absolute Gasteiger partial charge is 0.480 e. The monoisotopic (exact) mass is 604 g/mol. The molecule has 0 unspecified atom stereocenters. The molecule has 14 heteroatoms. The van der Waals surface area contributed by atoms with Crippen LogP contribution in [0.2, 0.25) is 0 Å². The molecule has 5 amide bonds. The molecule has 0 bridgehead atoms. The van der Waals surface area contributed by atoms with E-state index in [0.29, 0.717) is 96.9 Å². The summed E-state index contributed by atoms with van der Waals surface area (Å²) in [7, 11) is 0. The van der Waals surface area contributed by atoms with Gasteiger partial charge in [0.1, 0.15) is 36.3 Å². The third-order valence-electron chi connectivity index (χ3n) is 9.91. The van der Waals surface area contributed by atoms with Crippen molar-refractivity contribution in [3.05, 3.63) is 0 Å². The Morgan fingerprint density at radius 2 is 0.837 bits per heavy atom. The van der Waals surface area contributed by atoms with Gasteiger partial charge in [-0.25, -0.2) is 4.79 Å². The van der Waals surface area contributed by atoms with Gasteiger partial charge in [0.2, 0.25) is 29.5 Å². The lowest BCUT2D eigenvalue weighted by atomic mass is 10.1. The topological polar surface area (TPSA) is 185 Å². The normalized spacial score (nSPS) is 30.7. The number of carbonyl (C=O) groups is 6. The first-order valence-corrected chi connectivity index (χ1v) is 15.7. The fourth-order valence-corrected chi connectivity index (χ4v) is 7.60. The molecule has 5 heterocycles. The van der Waals surface area contributed by atoms with Crippen LogP contribution in [0.3, 0.4) is 0 Å². The van der Waals surface area contributed by atoms with E-state index in [0.717, 1.165) is 0 Å². The molecule has 14 nitrogen and oxygen atoms in total. The molecule has 5 aliphatic rings. The maximum atomic E-state index is 13.9. The van der Waals surface area contributed by atoms with E-state index >= 15 is 0 Å². The molecule has 5 rings (SSSR count). The zero-order valence-electron chi connectivity index (χ0n) is 24.8. The van der Waals surface area contributed by atoms with E-state index in [4.69, 9.17) is 5.73 Å². The minimum Gasteiger partial charge on any atom is -0.480 e. The molecular weight excluding hydrogens is 560 g/mol. The van der Waals surface area contributed by atoms with Crippen LogP contribution in [0.1, 0.15) is 71.1 Å². The molecule has 5 aliphatic heterocycles. The molecule has 0 aliphatic carbocycles. The SMILES string of the molecule is C[C@@H](O)[C@H](N)C(=O)N1CCC[C@H]1C(=O)N1CCC[C@H]1C(=O)N1CCC[C@H]1C(=O)N1CCC[C@H]1C(=O)N1CCC[C@H]1C(=O)O. The summed E-state index contributed by atoms with van der Waals surface area (Å²) in [5.74, 6) is -2.79. The van der Waals surface area contributed by atoms with Gasteiger partial charge in [-0.05, 0) is 71.1 Å². The standard InChI is InChI=1S/C29H44N6O8/c1-17(36)23(30)28(41)34-15-5-10-21(34)26(39)32-13-3-8-19(32)24(37)31-12-2-7-18(31)25(38)33-14-4-9-20(33)27(40)35-16-6-11-22(35)29(42)43/h17-23,36H,2-16,30H2,1H3,(H,42,43)/t17-,18+,19+,20+,21+,22+,23+/m1/s1. The zero-order chi connectivity index (χ0) is 31.0. The third kappa shape index (κ3) is 5.83. The highest BCUT2D eigenvalue weighted by Gasteiger charge is 2.49. The second-order valence-electron chi connectivity index (χ2n) is 12.6. The van der Waals surface area contributed by atoms with Crippen molar-refractivity contribution in [1.82, 2.24) is 24.5 Å². The molecule has 43 heavy (non-hydrogen) atoms. The Morgan fingerprint density at radius 3 is 1.16 bits per heavy atom. The number of carboxylic acids is 1. The van der Waals surface area contributed by atoms with E-state index in [-0.39, 0.29) is 23.6 Å². The molecule has 0 radical (unpaired) electrons. The molecule has 0 aromatic heterocycles. The van der Waals surface area contributed by atoms with Gasteiger partial charge < -0.3 is 40.4 Å². The van der Waals surface area contributed by atoms with Crippen molar-refractivity contribution < 1.29 is 39.0 Å². The Kier molecular flexibility index (Phi) is 9.26. The van der Waals surface area contributed by atoms with Crippen molar-refractivity contribution in [1.29, 1.82) is 0 Å². The Hall–Kier alpha value is -3.26. The van der Waals surface area contributed by atoms with Crippen LogP contribution in [0.5, 0.6) is 0 Å². The fourth-order valence-electron chi connectivity index (χ4n) is 7.60. The number of aliphatic hydroxyl groups is 1. The van der Waals surface area contributed by atoms with Gasteiger partial charge in [0.05, 0.1) is 6.10 Å². The van der Waals surface area contributed by atoms with Gasteiger partial charge in [-0.2, -0.15) is 0 Å². The van der Waals surface area contributed by atoms with Gasteiger partial charge in [-0.3, -0.25) is 24.0 Å². The van der Waals surface area contributed by atoms with Crippen LogP contribution in [0.15, 0.2) is 0 Å². The van der Waals surface area contributed by atoms with E-state index in [1.807, 2.05) is 0 Å². The number of likely N-dealkylation sites (tertiary alicyclic amines) is 5. The van der Waals surface area contributed by atoms with E-state index in [1.54, 1.807) is 4.90 Å². The fraction of sp³-hybridized carbons (Fsp3) is 0.793. The van der Waals surface area contributed by atoms with Gasteiger partial charge in [0.15, 0.2) is 0 Å². The molecule has 0 spiro atoms. The number of nitrogens with zero attached hydrogens (tertiary/aromatic N) is 5. The third-order valence-corrected chi connectivity index (χ3v) is 9.91. The number of carbonyl (C=O) groups excluding carboxylic acids is 5. The summed E-state index contributed by atoms with van der Waals surface area (Å²) in [5, 5.41) is 19.4. The van der Waals surface area contributed by atoms with E-state index in [9.17, 15) is 39.0 Å². The van der Waals surface area contributed by atoms with Crippen LogP contribution in [0.25, 0.3) is 0 Å². The summed E-state index contributed by atoms with van der Waals surface area (Å²) in [5.41, 5.74) is 5.88. The van der Waals surface area contributed by atoms with Crippen molar-refractivity contribution in [3.63, 3.8) is 0 Å². The lowest BCUT2D eigenvalue weighted by Crippen LogP contribution is -2.58. The van der Waals surface area contributed by atoms with Gasteiger partial charge in [-0.15, -0.1) is 0 Å². The predicted octanol–water partition coefficient (Wildman–Crippen LogP) is -1.27. The number of hydrogen-bond donors (Lipinski definition) is 3. The van der Waals surface area contributed by atoms with Crippen LogP contribution < -0.4 is 5.73 Å². The maximum Gasteiger partial charge on any atom is 0.326 e. The van der Waals surface area contributed by atoms with Gasteiger partial charge >= 0.3 is 5.97 Å². The molecule has 238 valence electrons. The van der Waals surface area contributed by atoms with Crippen molar-refractivity contribution in [3.8, 4) is 0 Å². The quantitative estimate of drug-likeness (QED) is 0.319. The molecule has 7 atom stereocenters. The highest BCUT2D eigenvalue weighted by molar-refractivity contribution is 5.97. The molecule has 4 N–H and O–H groups in total. The number of nitrogens with two attached hydrogens (primary N) is 1. The van der Waals surface area contributed by atoms with E-state index in [1.165, 1.54) is 26.5 Å². The molecule has 0 aromatic carbocycles. The number of aliphatic hydroxyl groups excluding tert-OH is 1. The average molecular weight is 605 g/mol. The highest BCUT2D eigenvalue weighted by Crippen LogP contribution is 2.31. The summed E-state index contributed by atoms with van der Waals surface area (Å²) < 4.78 is 0. The second kappa shape index (κ2) is 12.8. The molecule has 0 aromatic rings. The summed E-state index contributed by atoms with van der Waals surface area (Å²) in [6.07, 6.45) is 4.20.